The number of hydrogen-bond donors (Lipinski definition) is 1. The molecule has 6 nitrogen and oxygen atoms in total. The molecule has 1 atom stereocenters. The molecule has 3 aromatic rings. The van der Waals surface area contributed by atoms with E-state index in [0.717, 1.165) is 10.1 Å². The van der Waals surface area contributed by atoms with E-state index >= 15 is 0 Å². The molecule has 1 aliphatic rings. The van der Waals surface area contributed by atoms with Gasteiger partial charge < -0.3 is 14.4 Å². The SMILES string of the molecule is N#Cc1ccccc1C=CNC(=O)C(c1csc2ccc(Cl)cc12)P1(=O)OCCCO1. The van der Waals surface area contributed by atoms with Crippen molar-refractivity contribution in [1.82, 2.24) is 5.32 Å². The van der Waals surface area contributed by atoms with Gasteiger partial charge in [0.25, 0.3) is 0 Å². The predicted molar refractivity (Wildman–Crippen MR) is 122 cm³/mol. The summed E-state index contributed by atoms with van der Waals surface area (Å²) in [5.41, 5.74) is 0.549. The molecule has 1 fully saturated rings. The molecule has 0 saturated carbocycles. The fraction of sp³-hybridized carbons (Fsp3) is 0.182. The van der Waals surface area contributed by atoms with E-state index in [-0.39, 0.29) is 13.2 Å². The summed E-state index contributed by atoms with van der Waals surface area (Å²) in [6.07, 6.45) is 3.66. The lowest BCUT2D eigenvalue weighted by Crippen LogP contribution is -2.28. The number of amides is 1. The quantitative estimate of drug-likeness (QED) is 0.468. The summed E-state index contributed by atoms with van der Waals surface area (Å²) >= 11 is 7.60. The Bertz CT molecular complexity index is 1240. The van der Waals surface area contributed by atoms with Crippen LogP contribution in [0.1, 0.15) is 28.8 Å². The third kappa shape index (κ3) is 4.59. The second-order valence-corrected chi connectivity index (χ2v) is 10.3. The zero-order chi connectivity index (χ0) is 21.8. The summed E-state index contributed by atoms with van der Waals surface area (Å²) in [7, 11) is -3.75. The van der Waals surface area contributed by atoms with Crippen molar-refractivity contribution >= 4 is 52.6 Å². The molecule has 1 aromatic heterocycles. The minimum absolute atomic E-state index is 0.259. The Balaban J connectivity index is 1.68. The highest BCUT2D eigenvalue weighted by Crippen LogP contribution is 2.63. The fourth-order valence-corrected chi connectivity index (χ4v) is 6.65. The maximum Gasteiger partial charge on any atom is 0.347 e. The number of thiophene rings is 1. The standard InChI is InChI=1S/C22H18ClN2O4PS/c23-17-6-7-20-18(12-17)19(14-31-20)21(30(27)28-10-3-11-29-30)22(26)25-9-8-15-4-1-2-5-16(15)13-24/h1-2,4-9,12,14,21H,3,10-11H2,(H,25,26). The number of rotatable bonds is 5. The van der Waals surface area contributed by atoms with Crippen LogP contribution in [0.2, 0.25) is 5.02 Å². The van der Waals surface area contributed by atoms with Gasteiger partial charge in [-0.1, -0.05) is 29.8 Å². The summed E-state index contributed by atoms with van der Waals surface area (Å²) in [5, 5.41) is 14.9. The smallest absolute Gasteiger partial charge is 0.332 e. The molecule has 0 radical (unpaired) electrons. The van der Waals surface area contributed by atoms with E-state index in [2.05, 4.69) is 11.4 Å². The molecule has 1 unspecified atom stereocenters. The lowest BCUT2D eigenvalue weighted by atomic mass is 10.1. The minimum atomic E-state index is -3.75. The largest absolute Gasteiger partial charge is 0.347 e. The molecule has 0 bridgehead atoms. The van der Waals surface area contributed by atoms with Crippen LogP contribution in [0, 0.1) is 11.3 Å². The number of carbonyl (C=O) groups excluding carboxylic acids is 1. The highest BCUT2D eigenvalue weighted by molar-refractivity contribution is 7.55. The Morgan fingerprint density at radius 1 is 1.26 bits per heavy atom. The molecule has 0 aliphatic carbocycles. The molecule has 2 aromatic carbocycles. The van der Waals surface area contributed by atoms with Crippen LogP contribution in [0.4, 0.5) is 0 Å². The number of benzene rings is 2. The second-order valence-electron chi connectivity index (χ2n) is 6.83. The Labute approximate surface area is 188 Å². The van der Waals surface area contributed by atoms with Crippen molar-refractivity contribution in [2.45, 2.75) is 12.1 Å². The third-order valence-electron chi connectivity index (χ3n) is 4.83. The first-order valence-electron chi connectivity index (χ1n) is 9.53. The van der Waals surface area contributed by atoms with Gasteiger partial charge in [-0.3, -0.25) is 9.36 Å². The highest BCUT2D eigenvalue weighted by atomic mass is 35.5. The van der Waals surface area contributed by atoms with Crippen LogP contribution in [0.25, 0.3) is 16.2 Å². The van der Waals surface area contributed by atoms with Crippen molar-refractivity contribution < 1.29 is 18.4 Å². The van der Waals surface area contributed by atoms with Gasteiger partial charge in [0.2, 0.25) is 5.91 Å². The lowest BCUT2D eigenvalue weighted by Gasteiger charge is -2.29. The number of carbonyl (C=O) groups is 1. The van der Waals surface area contributed by atoms with Crippen molar-refractivity contribution in [3.05, 3.63) is 75.8 Å². The van der Waals surface area contributed by atoms with Crippen LogP contribution < -0.4 is 5.32 Å². The fourth-order valence-electron chi connectivity index (χ4n) is 3.35. The molecule has 31 heavy (non-hydrogen) atoms. The number of hydrogen-bond acceptors (Lipinski definition) is 6. The van der Waals surface area contributed by atoms with Gasteiger partial charge in [0.1, 0.15) is 0 Å². The van der Waals surface area contributed by atoms with Gasteiger partial charge in [0.05, 0.1) is 24.8 Å². The van der Waals surface area contributed by atoms with Gasteiger partial charge in [0, 0.05) is 15.9 Å². The summed E-state index contributed by atoms with van der Waals surface area (Å²) in [6.45, 7) is 0.518. The molecule has 0 spiro atoms. The average molecular weight is 473 g/mol. The normalized spacial score (nSPS) is 16.8. The summed E-state index contributed by atoms with van der Waals surface area (Å²) < 4.78 is 25.5. The molecule has 1 saturated heterocycles. The number of nitriles is 1. The van der Waals surface area contributed by atoms with Gasteiger partial charge in [0.15, 0.2) is 5.66 Å². The van der Waals surface area contributed by atoms with Crippen LogP contribution in [0.3, 0.4) is 0 Å². The topological polar surface area (TPSA) is 88.4 Å². The Hall–Kier alpha value is -2.46. The van der Waals surface area contributed by atoms with Crippen LogP contribution >= 0.6 is 30.5 Å². The summed E-state index contributed by atoms with van der Waals surface area (Å²) in [5.74, 6) is -0.518. The van der Waals surface area contributed by atoms with E-state index in [0.29, 0.717) is 28.1 Å². The number of nitrogens with one attached hydrogen (secondary N) is 1. The first-order chi connectivity index (χ1) is 15.0. The Morgan fingerprint density at radius 3 is 2.81 bits per heavy atom. The van der Waals surface area contributed by atoms with Crippen molar-refractivity contribution in [1.29, 1.82) is 5.26 Å². The van der Waals surface area contributed by atoms with Gasteiger partial charge in [-0.25, -0.2) is 0 Å². The molecule has 1 amide bonds. The zero-order valence-corrected chi connectivity index (χ0v) is 18.8. The van der Waals surface area contributed by atoms with Crippen molar-refractivity contribution in [3.8, 4) is 6.07 Å². The summed E-state index contributed by atoms with van der Waals surface area (Å²) in [4.78, 5) is 13.2. The van der Waals surface area contributed by atoms with Crippen molar-refractivity contribution in [2.24, 2.45) is 0 Å². The van der Waals surface area contributed by atoms with Crippen LogP contribution in [-0.4, -0.2) is 19.1 Å². The van der Waals surface area contributed by atoms with E-state index in [1.165, 1.54) is 17.5 Å². The molecule has 1 aliphatic heterocycles. The molecule has 2 heterocycles. The Kier molecular flexibility index (Phi) is 6.57. The van der Waals surface area contributed by atoms with E-state index in [1.54, 1.807) is 47.9 Å². The van der Waals surface area contributed by atoms with E-state index in [4.69, 9.17) is 20.6 Å². The maximum absolute atomic E-state index is 13.5. The molecular weight excluding hydrogens is 455 g/mol. The molecule has 1 N–H and O–H groups in total. The second kappa shape index (κ2) is 9.35. The van der Waals surface area contributed by atoms with E-state index in [1.807, 2.05) is 6.07 Å². The molecular formula is C22H18ClN2O4PS. The monoisotopic (exact) mass is 472 g/mol. The van der Waals surface area contributed by atoms with E-state index in [9.17, 15) is 14.6 Å². The number of fused-ring (bicyclic) bond motifs is 1. The van der Waals surface area contributed by atoms with Gasteiger partial charge in [-0.05, 0) is 58.7 Å². The highest BCUT2D eigenvalue weighted by Gasteiger charge is 2.45. The minimum Gasteiger partial charge on any atom is -0.332 e. The van der Waals surface area contributed by atoms with Crippen LogP contribution in [-0.2, 0) is 18.4 Å². The van der Waals surface area contributed by atoms with Crippen molar-refractivity contribution in [3.63, 3.8) is 0 Å². The molecule has 4 rings (SSSR count). The third-order valence-corrected chi connectivity index (χ3v) is 8.27. The van der Waals surface area contributed by atoms with Gasteiger partial charge >= 0.3 is 7.60 Å². The zero-order valence-electron chi connectivity index (χ0n) is 16.3. The number of nitrogens with zero attached hydrogens (tertiary/aromatic N) is 1. The first-order valence-corrected chi connectivity index (χ1v) is 12.4. The van der Waals surface area contributed by atoms with Gasteiger partial charge in [-0.2, -0.15) is 5.26 Å². The Morgan fingerprint density at radius 2 is 2.03 bits per heavy atom. The van der Waals surface area contributed by atoms with E-state index < -0.39 is 19.2 Å². The van der Waals surface area contributed by atoms with Gasteiger partial charge in [-0.15, -0.1) is 11.3 Å². The van der Waals surface area contributed by atoms with Crippen molar-refractivity contribution in [2.75, 3.05) is 13.2 Å². The average Bonchev–Trinajstić information content (AvgIpc) is 3.17. The van der Waals surface area contributed by atoms with Crippen LogP contribution in [0.15, 0.2) is 54.0 Å². The first kappa shape index (κ1) is 21.8. The molecule has 9 heteroatoms. The van der Waals surface area contributed by atoms with Crippen LogP contribution in [0.5, 0.6) is 0 Å². The number of halogens is 1. The predicted octanol–water partition coefficient (Wildman–Crippen LogP) is 5.88. The lowest BCUT2D eigenvalue weighted by molar-refractivity contribution is -0.120. The summed E-state index contributed by atoms with van der Waals surface area (Å²) in [6, 6.07) is 14.5. The molecule has 158 valence electrons. The maximum atomic E-state index is 13.5.